The van der Waals surface area contributed by atoms with Crippen LogP contribution in [-0.2, 0) is 14.1 Å². The van der Waals surface area contributed by atoms with Crippen LogP contribution in [-0.4, -0.2) is 29.8 Å². The molecule has 1 saturated carbocycles. The van der Waals surface area contributed by atoms with Crippen molar-refractivity contribution in [2.24, 2.45) is 17.3 Å². The van der Waals surface area contributed by atoms with Gasteiger partial charge in [-0.3, -0.25) is 4.79 Å². The Balaban J connectivity index is 2.05. The molecule has 1 saturated heterocycles. The van der Waals surface area contributed by atoms with Gasteiger partial charge in [-0.1, -0.05) is 33.1 Å². The van der Waals surface area contributed by atoms with Crippen molar-refractivity contribution in [1.82, 2.24) is 5.32 Å². The number of nitrogens with one attached hydrogen (secondary N) is 1. The lowest BCUT2D eigenvalue weighted by molar-refractivity contribution is -0.140. The number of rotatable bonds is 6. The van der Waals surface area contributed by atoms with Crippen LogP contribution in [0.1, 0.15) is 101 Å². The van der Waals surface area contributed by atoms with Crippen molar-refractivity contribution in [3.63, 3.8) is 0 Å². The van der Waals surface area contributed by atoms with Crippen LogP contribution in [0.3, 0.4) is 0 Å². The highest BCUT2D eigenvalue weighted by Gasteiger charge is 2.52. The third-order valence-corrected chi connectivity index (χ3v) is 7.53. The Morgan fingerprint density at radius 3 is 2.11 bits per heavy atom. The normalized spacial score (nSPS) is 32.4. The second-order valence-corrected chi connectivity index (χ2v) is 11.2. The molecule has 2 fully saturated rings. The summed E-state index contributed by atoms with van der Waals surface area (Å²) >= 11 is 0. The summed E-state index contributed by atoms with van der Waals surface area (Å²) < 4.78 is 12.4. The zero-order valence-corrected chi connectivity index (χ0v) is 19.9. The van der Waals surface area contributed by atoms with Gasteiger partial charge in [-0.05, 0) is 85.9 Å². The summed E-state index contributed by atoms with van der Waals surface area (Å²) in [7, 11) is -0.131. The summed E-state index contributed by atoms with van der Waals surface area (Å²) in [6.07, 6.45) is 7.32. The molecule has 162 valence electrons. The standard InChI is InChI=1S/C23H44BNO3/c1-10-18-13-12-17(14-15-24-27-21(6,7)22(8,9)28-24)16-23(18,11-2)19(26)25-20(3,4)5/h17-18H,10-16H2,1-9H3,(H,25,26)/t17-,18?,23?/m0/s1. The summed E-state index contributed by atoms with van der Waals surface area (Å²) in [4.78, 5) is 13.4. The van der Waals surface area contributed by atoms with Crippen LogP contribution in [0.25, 0.3) is 0 Å². The monoisotopic (exact) mass is 393 g/mol. The third kappa shape index (κ3) is 4.95. The van der Waals surface area contributed by atoms with Gasteiger partial charge < -0.3 is 14.6 Å². The molecule has 1 aliphatic heterocycles. The van der Waals surface area contributed by atoms with Crippen molar-refractivity contribution in [3.05, 3.63) is 0 Å². The van der Waals surface area contributed by atoms with Gasteiger partial charge in [-0.15, -0.1) is 0 Å². The van der Waals surface area contributed by atoms with E-state index in [1.165, 1.54) is 6.42 Å². The molecular formula is C23H44BNO3. The first-order valence-electron chi connectivity index (χ1n) is 11.4. The van der Waals surface area contributed by atoms with Crippen molar-refractivity contribution < 1.29 is 14.1 Å². The van der Waals surface area contributed by atoms with Gasteiger partial charge in [0.1, 0.15) is 0 Å². The smallest absolute Gasteiger partial charge is 0.403 e. The topological polar surface area (TPSA) is 47.6 Å². The van der Waals surface area contributed by atoms with E-state index in [2.05, 4.69) is 67.6 Å². The van der Waals surface area contributed by atoms with Crippen LogP contribution in [0.15, 0.2) is 0 Å². The van der Waals surface area contributed by atoms with Crippen molar-refractivity contribution in [3.8, 4) is 0 Å². The molecule has 0 radical (unpaired) electrons. The van der Waals surface area contributed by atoms with E-state index in [0.717, 1.165) is 38.4 Å². The third-order valence-electron chi connectivity index (χ3n) is 7.53. The van der Waals surface area contributed by atoms with Crippen molar-refractivity contribution in [1.29, 1.82) is 0 Å². The van der Waals surface area contributed by atoms with Gasteiger partial charge in [0.15, 0.2) is 0 Å². The Bertz CT molecular complexity index is 539. The summed E-state index contributed by atoms with van der Waals surface area (Å²) in [5.74, 6) is 1.30. The highest BCUT2D eigenvalue weighted by Crippen LogP contribution is 2.50. The van der Waals surface area contributed by atoms with Gasteiger partial charge in [0.25, 0.3) is 0 Å². The molecule has 2 rings (SSSR count). The van der Waals surface area contributed by atoms with Gasteiger partial charge >= 0.3 is 7.12 Å². The fraction of sp³-hybridized carbons (Fsp3) is 0.957. The van der Waals surface area contributed by atoms with Crippen molar-refractivity contribution in [2.75, 3.05) is 0 Å². The summed E-state index contributed by atoms with van der Waals surface area (Å²) in [5.41, 5.74) is -0.956. The number of carbonyl (C=O) groups excluding carboxylic acids is 1. The van der Waals surface area contributed by atoms with Crippen LogP contribution < -0.4 is 5.32 Å². The van der Waals surface area contributed by atoms with Crippen molar-refractivity contribution >= 4 is 13.0 Å². The molecule has 1 N–H and O–H groups in total. The molecule has 0 aromatic rings. The minimum atomic E-state index is -0.267. The Morgan fingerprint density at radius 2 is 1.64 bits per heavy atom. The van der Waals surface area contributed by atoms with Crippen LogP contribution in [0.5, 0.6) is 0 Å². The molecule has 1 heterocycles. The maximum Gasteiger partial charge on any atom is 0.457 e. The zero-order chi connectivity index (χ0) is 21.4. The van der Waals surface area contributed by atoms with Crippen molar-refractivity contribution in [2.45, 2.75) is 124 Å². The highest BCUT2D eigenvalue weighted by atomic mass is 16.7. The van der Waals surface area contributed by atoms with E-state index in [0.29, 0.717) is 11.8 Å². The first-order valence-corrected chi connectivity index (χ1v) is 11.4. The maximum absolute atomic E-state index is 13.4. The van der Waals surface area contributed by atoms with Crippen LogP contribution in [0.2, 0.25) is 6.32 Å². The molecule has 2 unspecified atom stereocenters. The highest BCUT2D eigenvalue weighted by molar-refractivity contribution is 6.45. The Labute approximate surface area is 174 Å². The number of carbonyl (C=O) groups is 1. The van der Waals surface area contributed by atoms with E-state index in [-0.39, 0.29) is 35.2 Å². The second-order valence-electron chi connectivity index (χ2n) is 11.2. The first-order chi connectivity index (χ1) is 12.8. The molecular weight excluding hydrogens is 349 g/mol. The fourth-order valence-corrected chi connectivity index (χ4v) is 5.13. The summed E-state index contributed by atoms with van der Waals surface area (Å²) in [5, 5.41) is 3.30. The molecule has 28 heavy (non-hydrogen) atoms. The molecule has 0 bridgehead atoms. The largest absolute Gasteiger partial charge is 0.457 e. The van der Waals surface area contributed by atoms with Crippen LogP contribution >= 0.6 is 0 Å². The predicted molar refractivity (Wildman–Crippen MR) is 117 cm³/mol. The van der Waals surface area contributed by atoms with Gasteiger partial charge in [0.2, 0.25) is 5.91 Å². The maximum atomic E-state index is 13.4. The average Bonchev–Trinajstić information content (AvgIpc) is 2.78. The van der Waals surface area contributed by atoms with E-state index in [1.54, 1.807) is 0 Å². The number of hydrogen-bond donors (Lipinski definition) is 1. The van der Waals surface area contributed by atoms with Gasteiger partial charge in [0.05, 0.1) is 16.6 Å². The molecule has 0 aromatic carbocycles. The van der Waals surface area contributed by atoms with Gasteiger partial charge in [-0.25, -0.2) is 0 Å². The summed E-state index contributed by atoms with van der Waals surface area (Å²) in [6, 6.07) is 0. The van der Waals surface area contributed by atoms with Gasteiger partial charge in [0, 0.05) is 5.54 Å². The van der Waals surface area contributed by atoms with E-state index in [4.69, 9.17) is 9.31 Å². The second kappa shape index (κ2) is 8.30. The molecule has 0 aromatic heterocycles. The Morgan fingerprint density at radius 1 is 1.07 bits per heavy atom. The summed E-state index contributed by atoms with van der Waals surface area (Å²) in [6.45, 7) is 19.1. The SMILES string of the molecule is CCC1CC[C@@H](CCB2OC(C)(C)C(C)(C)O2)CC1(CC)C(=O)NC(C)(C)C. The lowest BCUT2D eigenvalue weighted by atomic mass is 9.58. The van der Waals surface area contributed by atoms with E-state index in [9.17, 15) is 4.79 Å². The number of hydrogen-bond acceptors (Lipinski definition) is 3. The average molecular weight is 393 g/mol. The molecule has 5 heteroatoms. The lowest BCUT2D eigenvalue weighted by Gasteiger charge is -2.46. The minimum absolute atomic E-state index is 0.131. The molecule has 0 spiro atoms. The molecule has 4 nitrogen and oxygen atoms in total. The minimum Gasteiger partial charge on any atom is -0.403 e. The molecule has 1 amide bonds. The quantitative estimate of drug-likeness (QED) is 0.597. The van der Waals surface area contributed by atoms with E-state index >= 15 is 0 Å². The molecule has 2 aliphatic rings. The fourth-order valence-electron chi connectivity index (χ4n) is 5.13. The Hall–Kier alpha value is -0.545. The van der Waals surface area contributed by atoms with E-state index in [1.807, 2.05) is 0 Å². The van der Waals surface area contributed by atoms with Crippen LogP contribution in [0, 0.1) is 17.3 Å². The zero-order valence-electron chi connectivity index (χ0n) is 19.9. The van der Waals surface area contributed by atoms with E-state index < -0.39 is 0 Å². The molecule has 1 aliphatic carbocycles. The van der Waals surface area contributed by atoms with Crippen LogP contribution in [0.4, 0.5) is 0 Å². The first kappa shape index (κ1) is 23.7. The molecule has 3 atom stereocenters. The Kier molecular flexibility index (Phi) is 7.03. The predicted octanol–water partition coefficient (Wildman–Crippen LogP) is 5.61. The number of amides is 1. The lowest BCUT2D eigenvalue weighted by Crippen LogP contribution is -2.53. The van der Waals surface area contributed by atoms with Gasteiger partial charge in [-0.2, -0.15) is 0 Å².